The van der Waals surface area contributed by atoms with Crippen LogP contribution in [0.2, 0.25) is 0 Å². The minimum atomic E-state index is -0.660. The van der Waals surface area contributed by atoms with Crippen molar-refractivity contribution in [1.29, 1.82) is 0 Å². The SMILES string of the molecule is O=C(c1c[nH]c(=O)[nH]c1=O)N1CCCC(c2ccn[nH]2)C1. The van der Waals surface area contributed by atoms with Crippen LogP contribution in [0, 0.1) is 0 Å². The van der Waals surface area contributed by atoms with Crippen molar-refractivity contribution in [2.75, 3.05) is 13.1 Å². The van der Waals surface area contributed by atoms with Crippen LogP contribution in [0.25, 0.3) is 0 Å². The van der Waals surface area contributed by atoms with Gasteiger partial charge in [-0.15, -0.1) is 0 Å². The Bertz CT molecular complexity index is 746. The van der Waals surface area contributed by atoms with E-state index in [4.69, 9.17) is 0 Å². The fourth-order valence-electron chi connectivity index (χ4n) is 2.65. The van der Waals surface area contributed by atoms with E-state index < -0.39 is 11.2 Å². The van der Waals surface area contributed by atoms with Gasteiger partial charge in [-0.2, -0.15) is 5.10 Å². The fourth-order valence-corrected chi connectivity index (χ4v) is 2.65. The van der Waals surface area contributed by atoms with Crippen molar-refractivity contribution < 1.29 is 4.79 Å². The Morgan fingerprint density at radius 2 is 2.24 bits per heavy atom. The summed E-state index contributed by atoms with van der Waals surface area (Å²) in [6.45, 7) is 1.13. The molecule has 1 amide bonds. The molecule has 2 aromatic rings. The maximum atomic E-state index is 12.4. The first kappa shape index (κ1) is 13.3. The molecule has 3 N–H and O–H groups in total. The number of nitrogens with one attached hydrogen (secondary N) is 3. The van der Waals surface area contributed by atoms with E-state index in [-0.39, 0.29) is 17.4 Å². The molecule has 0 aliphatic carbocycles. The monoisotopic (exact) mass is 289 g/mol. The van der Waals surface area contributed by atoms with E-state index in [1.807, 2.05) is 6.07 Å². The van der Waals surface area contributed by atoms with Gasteiger partial charge in [0, 0.05) is 37.1 Å². The predicted molar refractivity (Wildman–Crippen MR) is 74.1 cm³/mol. The minimum absolute atomic E-state index is 0.0418. The molecule has 0 aromatic carbocycles. The Balaban J connectivity index is 1.81. The number of aromatic nitrogens is 4. The molecule has 1 saturated heterocycles. The highest BCUT2D eigenvalue weighted by Crippen LogP contribution is 2.25. The smallest absolute Gasteiger partial charge is 0.325 e. The Hall–Kier alpha value is -2.64. The molecule has 2 aromatic heterocycles. The number of aromatic amines is 3. The summed E-state index contributed by atoms with van der Waals surface area (Å²) in [5, 5.41) is 6.85. The molecule has 8 nitrogen and oxygen atoms in total. The second-order valence-corrected chi connectivity index (χ2v) is 5.09. The summed E-state index contributed by atoms with van der Waals surface area (Å²) in [7, 11) is 0. The third kappa shape index (κ3) is 2.64. The van der Waals surface area contributed by atoms with E-state index in [9.17, 15) is 14.4 Å². The third-order valence-electron chi connectivity index (χ3n) is 3.72. The summed E-state index contributed by atoms with van der Waals surface area (Å²) >= 11 is 0. The van der Waals surface area contributed by atoms with Gasteiger partial charge < -0.3 is 9.88 Å². The van der Waals surface area contributed by atoms with Crippen molar-refractivity contribution >= 4 is 5.91 Å². The van der Waals surface area contributed by atoms with Crippen molar-refractivity contribution in [3.63, 3.8) is 0 Å². The lowest BCUT2D eigenvalue weighted by molar-refractivity contribution is 0.0703. The quantitative estimate of drug-likeness (QED) is 0.710. The fraction of sp³-hybridized carbons (Fsp3) is 0.385. The molecule has 0 spiro atoms. The summed E-state index contributed by atoms with van der Waals surface area (Å²) in [6, 6.07) is 1.89. The van der Waals surface area contributed by atoms with Gasteiger partial charge in [-0.1, -0.05) is 0 Å². The first-order valence-corrected chi connectivity index (χ1v) is 6.75. The van der Waals surface area contributed by atoms with Crippen LogP contribution in [0.1, 0.15) is 34.8 Å². The lowest BCUT2D eigenvalue weighted by Gasteiger charge is -2.32. The van der Waals surface area contributed by atoms with Gasteiger partial charge in [0.2, 0.25) is 0 Å². The zero-order valence-electron chi connectivity index (χ0n) is 11.3. The van der Waals surface area contributed by atoms with E-state index in [1.165, 1.54) is 6.20 Å². The molecule has 3 rings (SSSR count). The van der Waals surface area contributed by atoms with Crippen LogP contribution in [0.5, 0.6) is 0 Å². The van der Waals surface area contributed by atoms with Crippen LogP contribution in [-0.2, 0) is 0 Å². The summed E-state index contributed by atoms with van der Waals surface area (Å²) in [4.78, 5) is 41.1. The Morgan fingerprint density at radius 1 is 1.38 bits per heavy atom. The number of carbonyl (C=O) groups excluding carboxylic acids is 1. The van der Waals surface area contributed by atoms with Crippen LogP contribution >= 0.6 is 0 Å². The molecule has 1 aliphatic rings. The number of nitrogens with zero attached hydrogens (tertiary/aromatic N) is 2. The molecule has 1 aliphatic heterocycles. The normalized spacial score (nSPS) is 18.7. The second kappa shape index (κ2) is 5.39. The molecule has 0 radical (unpaired) electrons. The zero-order valence-corrected chi connectivity index (χ0v) is 11.3. The maximum absolute atomic E-state index is 12.4. The van der Waals surface area contributed by atoms with Crippen LogP contribution in [-0.4, -0.2) is 44.1 Å². The summed E-state index contributed by atoms with van der Waals surface area (Å²) in [5.41, 5.74) is -0.333. The van der Waals surface area contributed by atoms with E-state index >= 15 is 0 Å². The van der Waals surface area contributed by atoms with Gasteiger partial charge in [0.05, 0.1) is 0 Å². The van der Waals surface area contributed by atoms with E-state index in [0.717, 1.165) is 18.5 Å². The highest BCUT2D eigenvalue weighted by molar-refractivity contribution is 5.93. The lowest BCUT2D eigenvalue weighted by atomic mass is 9.94. The van der Waals surface area contributed by atoms with E-state index in [0.29, 0.717) is 13.1 Å². The van der Waals surface area contributed by atoms with Crippen LogP contribution < -0.4 is 11.2 Å². The Labute approximate surface area is 119 Å². The highest BCUT2D eigenvalue weighted by Gasteiger charge is 2.27. The first-order chi connectivity index (χ1) is 10.1. The van der Waals surface area contributed by atoms with Crippen LogP contribution in [0.3, 0.4) is 0 Å². The van der Waals surface area contributed by atoms with Gasteiger partial charge in [0.1, 0.15) is 5.56 Å². The molecule has 1 atom stereocenters. The molecular weight excluding hydrogens is 274 g/mol. The summed E-state index contributed by atoms with van der Waals surface area (Å²) in [6.07, 6.45) is 4.68. The molecule has 1 fully saturated rings. The molecule has 0 bridgehead atoms. The molecule has 21 heavy (non-hydrogen) atoms. The Kier molecular flexibility index (Phi) is 3.43. The van der Waals surface area contributed by atoms with E-state index in [1.54, 1.807) is 11.1 Å². The maximum Gasteiger partial charge on any atom is 0.325 e. The average Bonchev–Trinajstić information content (AvgIpc) is 3.01. The van der Waals surface area contributed by atoms with Gasteiger partial charge in [0.25, 0.3) is 11.5 Å². The number of rotatable bonds is 2. The van der Waals surface area contributed by atoms with Gasteiger partial charge in [-0.05, 0) is 18.9 Å². The number of hydrogen-bond donors (Lipinski definition) is 3. The van der Waals surface area contributed by atoms with Gasteiger partial charge in [-0.25, -0.2) is 4.79 Å². The number of carbonyl (C=O) groups is 1. The van der Waals surface area contributed by atoms with Crippen LogP contribution in [0.4, 0.5) is 0 Å². The van der Waals surface area contributed by atoms with Gasteiger partial charge in [0.15, 0.2) is 0 Å². The molecule has 0 saturated carbocycles. The average molecular weight is 289 g/mol. The number of hydrogen-bond acceptors (Lipinski definition) is 4. The summed E-state index contributed by atoms with van der Waals surface area (Å²) < 4.78 is 0. The van der Waals surface area contributed by atoms with Crippen molar-refractivity contribution in [3.05, 3.63) is 50.6 Å². The van der Waals surface area contributed by atoms with E-state index in [2.05, 4.69) is 20.2 Å². The standard InChI is InChI=1S/C13H15N5O3/c19-11-9(6-14-13(21)16-11)12(20)18-5-1-2-8(7-18)10-3-4-15-17-10/h3-4,6,8H,1-2,5,7H2,(H,15,17)(H2,14,16,19,21). The number of likely N-dealkylation sites (tertiary alicyclic amines) is 1. The van der Waals surface area contributed by atoms with Gasteiger partial charge >= 0.3 is 5.69 Å². The summed E-state index contributed by atoms with van der Waals surface area (Å²) in [5.74, 6) is -0.177. The van der Waals surface area contributed by atoms with Crippen molar-refractivity contribution in [2.24, 2.45) is 0 Å². The zero-order chi connectivity index (χ0) is 14.8. The third-order valence-corrected chi connectivity index (χ3v) is 3.72. The molecule has 1 unspecified atom stereocenters. The predicted octanol–water partition coefficient (Wildman–Crippen LogP) is -0.194. The van der Waals surface area contributed by atoms with Crippen molar-refractivity contribution in [1.82, 2.24) is 25.1 Å². The second-order valence-electron chi connectivity index (χ2n) is 5.09. The van der Waals surface area contributed by atoms with Crippen LogP contribution in [0.15, 0.2) is 28.0 Å². The van der Waals surface area contributed by atoms with Gasteiger partial charge in [-0.3, -0.25) is 19.7 Å². The van der Waals surface area contributed by atoms with Crippen molar-refractivity contribution in [3.8, 4) is 0 Å². The minimum Gasteiger partial charge on any atom is -0.338 e. The molecule has 110 valence electrons. The topological polar surface area (TPSA) is 115 Å². The Morgan fingerprint density at radius 3 is 2.95 bits per heavy atom. The molecule has 8 heteroatoms. The van der Waals surface area contributed by atoms with Crippen molar-refractivity contribution in [2.45, 2.75) is 18.8 Å². The highest BCUT2D eigenvalue weighted by atomic mass is 16.2. The first-order valence-electron chi connectivity index (χ1n) is 6.75. The lowest BCUT2D eigenvalue weighted by Crippen LogP contribution is -2.42. The number of H-pyrrole nitrogens is 3. The molecule has 3 heterocycles. The number of amides is 1. The number of piperidine rings is 1. The molecular formula is C13H15N5O3. The largest absolute Gasteiger partial charge is 0.338 e.